The molecule has 0 aliphatic rings. The van der Waals surface area contributed by atoms with Gasteiger partial charge in [-0.1, -0.05) is 12.1 Å². The number of nitrogens with zero attached hydrogens (tertiary/aromatic N) is 1. The van der Waals surface area contributed by atoms with Crippen molar-refractivity contribution in [3.05, 3.63) is 29.3 Å². The maximum Gasteiger partial charge on any atom is 0.0398 e. The standard InChI is InChI=1S/C13H22N2/c1-10-6-5-7-13(12(10)3)15(4)11(2)8-9-14/h5-7,11H,8-9,14H2,1-4H3. The number of benzene rings is 1. The van der Waals surface area contributed by atoms with Gasteiger partial charge in [0.2, 0.25) is 0 Å². The van der Waals surface area contributed by atoms with Crippen molar-refractivity contribution < 1.29 is 0 Å². The maximum atomic E-state index is 5.59. The van der Waals surface area contributed by atoms with Crippen molar-refractivity contribution in [2.75, 3.05) is 18.5 Å². The molecule has 2 heteroatoms. The molecule has 0 amide bonds. The molecule has 0 aliphatic heterocycles. The van der Waals surface area contributed by atoms with E-state index in [0.29, 0.717) is 6.04 Å². The molecule has 0 radical (unpaired) electrons. The molecule has 0 heterocycles. The summed E-state index contributed by atoms with van der Waals surface area (Å²) in [6.45, 7) is 7.29. The molecule has 15 heavy (non-hydrogen) atoms. The van der Waals surface area contributed by atoms with E-state index in [9.17, 15) is 0 Å². The first kappa shape index (κ1) is 12.1. The molecule has 0 aliphatic carbocycles. The van der Waals surface area contributed by atoms with Crippen molar-refractivity contribution in [3.63, 3.8) is 0 Å². The summed E-state index contributed by atoms with van der Waals surface area (Å²) in [5.74, 6) is 0. The number of hydrogen-bond donors (Lipinski definition) is 1. The van der Waals surface area contributed by atoms with Crippen molar-refractivity contribution in [2.45, 2.75) is 33.2 Å². The Kier molecular flexibility index (Phi) is 4.15. The molecule has 1 rings (SSSR count). The first-order chi connectivity index (χ1) is 7.07. The first-order valence-electron chi connectivity index (χ1n) is 5.57. The molecule has 2 nitrogen and oxygen atoms in total. The first-order valence-corrected chi connectivity index (χ1v) is 5.57. The van der Waals surface area contributed by atoms with Crippen LogP contribution >= 0.6 is 0 Å². The zero-order chi connectivity index (χ0) is 11.4. The Morgan fingerprint density at radius 3 is 2.60 bits per heavy atom. The topological polar surface area (TPSA) is 29.3 Å². The summed E-state index contributed by atoms with van der Waals surface area (Å²) in [5.41, 5.74) is 9.61. The highest BCUT2D eigenvalue weighted by atomic mass is 15.1. The van der Waals surface area contributed by atoms with Crippen molar-refractivity contribution in [1.82, 2.24) is 0 Å². The highest BCUT2D eigenvalue weighted by Gasteiger charge is 2.11. The Morgan fingerprint density at radius 2 is 2.00 bits per heavy atom. The summed E-state index contributed by atoms with van der Waals surface area (Å²) < 4.78 is 0. The van der Waals surface area contributed by atoms with Gasteiger partial charge in [-0.05, 0) is 50.9 Å². The van der Waals surface area contributed by atoms with Crippen LogP contribution in [-0.2, 0) is 0 Å². The second-order valence-corrected chi connectivity index (χ2v) is 4.26. The van der Waals surface area contributed by atoms with Crippen molar-refractivity contribution in [1.29, 1.82) is 0 Å². The van der Waals surface area contributed by atoms with Gasteiger partial charge in [0, 0.05) is 18.8 Å². The molecule has 0 saturated heterocycles. The largest absolute Gasteiger partial charge is 0.372 e. The lowest BCUT2D eigenvalue weighted by Crippen LogP contribution is -2.31. The molecular weight excluding hydrogens is 184 g/mol. The number of anilines is 1. The van der Waals surface area contributed by atoms with Crippen LogP contribution < -0.4 is 10.6 Å². The summed E-state index contributed by atoms with van der Waals surface area (Å²) >= 11 is 0. The van der Waals surface area contributed by atoms with Crippen LogP contribution in [0.3, 0.4) is 0 Å². The fourth-order valence-electron chi connectivity index (χ4n) is 1.79. The molecule has 0 fully saturated rings. The average Bonchev–Trinajstić information content (AvgIpc) is 2.21. The molecule has 1 aromatic carbocycles. The van der Waals surface area contributed by atoms with Gasteiger partial charge in [-0.2, -0.15) is 0 Å². The fraction of sp³-hybridized carbons (Fsp3) is 0.538. The van der Waals surface area contributed by atoms with Crippen LogP contribution in [0.25, 0.3) is 0 Å². The lowest BCUT2D eigenvalue weighted by Gasteiger charge is -2.28. The molecule has 1 aromatic rings. The van der Waals surface area contributed by atoms with Crippen LogP contribution in [0.5, 0.6) is 0 Å². The van der Waals surface area contributed by atoms with Crippen LogP contribution in [0.2, 0.25) is 0 Å². The van der Waals surface area contributed by atoms with E-state index in [1.807, 2.05) is 0 Å². The highest BCUT2D eigenvalue weighted by Crippen LogP contribution is 2.23. The number of aryl methyl sites for hydroxylation is 1. The zero-order valence-corrected chi connectivity index (χ0v) is 10.2. The minimum atomic E-state index is 0.496. The number of rotatable bonds is 4. The van der Waals surface area contributed by atoms with E-state index in [1.54, 1.807) is 0 Å². The Labute approximate surface area is 93.1 Å². The van der Waals surface area contributed by atoms with Crippen molar-refractivity contribution in [3.8, 4) is 0 Å². The molecular formula is C13H22N2. The Hall–Kier alpha value is -1.02. The lowest BCUT2D eigenvalue weighted by molar-refractivity contribution is 0.634. The van der Waals surface area contributed by atoms with E-state index in [-0.39, 0.29) is 0 Å². The van der Waals surface area contributed by atoms with E-state index in [2.05, 4.69) is 50.9 Å². The zero-order valence-electron chi connectivity index (χ0n) is 10.2. The minimum Gasteiger partial charge on any atom is -0.372 e. The number of nitrogens with two attached hydrogens (primary N) is 1. The van der Waals surface area contributed by atoms with Crippen LogP contribution in [0.1, 0.15) is 24.5 Å². The SMILES string of the molecule is Cc1cccc(N(C)C(C)CCN)c1C. The molecule has 0 saturated carbocycles. The molecule has 84 valence electrons. The fourth-order valence-corrected chi connectivity index (χ4v) is 1.79. The number of hydrogen-bond acceptors (Lipinski definition) is 2. The molecule has 2 N–H and O–H groups in total. The van der Waals surface area contributed by atoms with Gasteiger partial charge in [0.15, 0.2) is 0 Å². The van der Waals surface area contributed by atoms with Gasteiger partial charge in [0.1, 0.15) is 0 Å². The van der Waals surface area contributed by atoms with E-state index < -0.39 is 0 Å². The molecule has 0 bridgehead atoms. The van der Waals surface area contributed by atoms with Crippen LogP contribution in [0, 0.1) is 13.8 Å². The summed E-state index contributed by atoms with van der Waals surface area (Å²) in [6.07, 6.45) is 1.03. The van der Waals surface area contributed by atoms with Crippen LogP contribution in [0.4, 0.5) is 5.69 Å². The predicted octanol–water partition coefficient (Wildman–Crippen LogP) is 2.48. The maximum absolute atomic E-state index is 5.59. The van der Waals surface area contributed by atoms with Crippen molar-refractivity contribution >= 4 is 5.69 Å². The quantitative estimate of drug-likeness (QED) is 0.820. The normalized spacial score (nSPS) is 12.6. The monoisotopic (exact) mass is 206 g/mol. The lowest BCUT2D eigenvalue weighted by atomic mass is 10.1. The van der Waals surface area contributed by atoms with Gasteiger partial charge in [-0.25, -0.2) is 0 Å². The van der Waals surface area contributed by atoms with Gasteiger partial charge >= 0.3 is 0 Å². The predicted molar refractivity (Wildman–Crippen MR) is 67.5 cm³/mol. The summed E-state index contributed by atoms with van der Waals surface area (Å²) in [5, 5.41) is 0. The van der Waals surface area contributed by atoms with Gasteiger partial charge in [0.05, 0.1) is 0 Å². The minimum absolute atomic E-state index is 0.496. The van der Waals surface area contributed by atoms with Crippen molar-refractivity contribution in [2.24, 2.45) is 5.73 Å². The third kappa shape index (κ3) is 2.72. The average molecular weight is 206 g/mol. The Balaban J connectivity index is 2.90. The van der Waals surface area contributed by atoms with Crippen LogP contribution in [0.15, 0.2) is 18.2 Å². The second kappa shape index (κ2) is 5.17. The van der Waals surface area contributed by atoms with Crippen LogP contribution in [-0.4, -0.2) is 19.6 Å². The summed E-state index contributed by atoms with van der Waals surface area (Å²) in [6, 6.07) is 6.94. The third-order valence-electron chi connectivity index (χ3n) is 3.20. The highest BCUT2D eigenvalue weighted by molar-refractivity contribution is 5.55. The molecule has 0 aromatic heterocycles. The molecule has 0 spiro atoms. The summed E-state index contributed by atoms with van der Waals surface area (Å²) in [4.78, 5) is 2.31. The molecule has 1 unspecified atom stereocenters. The van der Waals surface area contributed by atoms with E-state index in [0.717, 1.165) is 13.0 Å². The van der Waals surface area contributed by atoms with E-state index >= 15 is 0 Å². The smallest absolute Gasteiger partial charge is 0.0398 e. The Morgan fingerprint density at radius 1 is 1.33 bits per heavy atom. The second-order valence-electron chi connectivity index (χ2n) is 4.26. The Bertz CT molecular complexity index is 320. The van der Waals surface area contributed by atoms with Gasteiger partial charge in [0.25, 0.3) is 0 Å². The van der Waals surface area contributed by atoms with Gasteiger partial charge in [-0.3, -0.25) is 0 Å². The molecule has 1 atom stereocenters. The summed E-state index contributed by atoms with van der Waals surface area (Å²) in [7, 11) is 2.14. The van der Waals surface area contributed by atoms with E-state index in [4.69, 9.17) is 5.73 Å². The van der Waals surface area contributed by atoms with Gasteiger partial charge < -0.3 is 10.6 Å². The van der Waals surface area contributed by atoms with Gasteiger partial charge in [-0.15, -0.1) is 0 Å². The third-order valence-corrected chi connectivity index (χ3v) is 3.20. The van der Waals surface area contributed by atoms with E-state index in [1.165, 1.54) is 16.8 Å².